The first-order chi connectivity index (χ1) is 17.0. The second-order valence-electron chi connectivity index (χ2n) is 8.92. The smallest absolute Gasteiger partial charge is 0.310 e. The third-order valence-electron chi connectivity index (χ3n) is 6.09. The molecule has 0 unspecified atom stereocenters. The third kappa shape index (κ3) is 5.67. The Kier molecular flexibility index (Phi) is 7.75. The van der Waals surface area contributed by atoms with E-state index in [0.717, 1.165) is 17.5 Å². The summed E-state index contributed by atoms with van der Waals surface area (Å²) in [7, 11) is 0. The van der Waals surface area contributed by atoms with Crippen molar-refractivity contribution in [1.82, 2.24) is 14.9 Å². The summed E-state index contributed by atoms with van der Waals surface area (Å²) in [5.41, 5.74) is 2.12. The number of benzene rings is 2. The minimum atomic E-state index is -0.330. The number of hydrogen-bond acceptors (Lipinski definition) is 6. The van der Waals surface area contributed by atoms with Crippen molar-refractivity contribution in [2.75, 3.05) is 19.7 Å². The minimum absolute atomic E-state index is 0.204. The Morgan fingerprint density at radius 2 is 1.83 bits per heavy atom. The lowest BCUT2D eigenvalue weighted by Crippen LogP contribution is -2.43. The monoisotopic (exact) mass is 473 g/mol. The molecule has 1 aliphatic rings. The molecule has 7 nitrogen and oxygen atoms in total. The average molecular weight is 474 g/mol. The summed E-state index contributed by atoms with van der Waals surface area (Å²) in [4.78, 5) is 36.7. The van der Waals surface area contributed by atoms with Crippen molar-refractivity contribution in [1.29, 1.82) is 0 Å². The highest BCUT2D eigenvalue weighted by atomic mass is 16.5. The maximum Gasteiger partial charge on any atom is 0.310 e. The van der Waals surface area contributed by atoms with Crippen LogP contribution in [0.3, 0.4) is 0 Å². The fourth-order valence-corrected chi connectivity index (χ4v) is 4.26. The van der Waals surface area contributed by atoms with Gasteiger partial charge in [0.25, 0.3) is 5.91 Å². The highest BCUT2D eigenvalue weighted by Crippen LogP contribution is 2.33. The number of carbonyl (C=O) groups is 2. The van der Waals surface area contributed by atoms with Crippen LogP contribution in [0.1, 0.15) is 55.5 Å². The predicted octanol–water partition coefficient (Wildman–Crippen LogP) is 5.47. The average Bonchev–Trinajstić information content (AvgIpc) is 2.89. The van der Waals surface area contributed by atoms with Crippen molar-refractivity contribution in [3.8, 4) is 23.0 Å². The zero-order valence-electron chi connectivity index (χ0n) is 20.4. The van der Waals surface area contributed by atoms with E-state index in [1.807, 2.05) is 54.6 Å². The summed E-state index contributed by atoms with van der Waals surface area (Å²) in [6.45, 7) is 7.15. The van der Waals surface area contributed by atoms with Crippen LogP contribution in [-0.2, 0) is 9.53 Å². The van der Waals surface area contributed by atoms with Gasteiger partial charge in [0.05, 0.1) is 12.5 Å². The topological polar surface area (TPSA) is 81.6 Å². The zero-order chi connectivity index (χ0) is 24.8. The van der Waals surface area contributed by atoms with Gasteiger partial charge in [-0.25, -0.2) is 4.98 Å². The maximum absolute atomic E-state index is 13.6. The summed E-state index contributed by atoms with van der Waals surface area (Å²) in [5.74, 6) is 0.713. The van der Waals surface area contributed by atoms with Crippen molar-refractivity contribution < 1.29 is 19.1 Å². The molecule has 0 spiro atoms. The molecule has 4 rings (SSSR count). The summed E-state index contributed by atoms with van der Waals surface area (Å²) in [6, 6.07) is 17.3. The van der Waals surface area contributed by atoms with Gasteiger partial charge in [-0.05, 0) is 37.3 Å². The van der Waals surface area contributed by atoms with Gasteiger partial charge >= 0.3 is 5.97 Å². The number of para-hydroxylation sites is 1. The standard InChI is InChI=1S/C28H31N3O4/c1-4-34-28(33)21-13-10-16-31(18-21)27(32)23-17-29-25(20-11-6-5-7-12-20)30-26(23)35-24-15-9-8-14-22(24)19(2)3/h5-9,11-12,14-15,17,19,21H,4,10,13,16,18H2,1-3H3/t21-/m0/s1. The Morgan fingerprint density at radius 1 is 1.09 bits per heavy atom. The molecule has 2 heterocycles. The largest absolute Gasteiger partial charge is 0.466 e. The second-order valence-corrected chi connectivity index (χ2v) is 8.92. The van der Waals surface area contributed by atoms with Crippen molar-refractivity contribution >= 4 is 11.9 Å². The Bertz CT molecular complexity index is 1180. The number of nitrogens with zero attached hydrogens (tertiary/aromatic N) is 3. The molecule has 1 aliphatic heterocycles. The molecule has 182 valence electrons. The fraction of sp³-hybridized carbons (Fsp3) is 0.357. The summed E-state index contributed by atoms with van der Waals surface area (Å²) in [5, 5.41) is 0. The van der Waals surface area contributed by atoms with Crippen LogP contribution < -0.4 is 4.74 Å². The molecule has 0 aliphatic carbocycles. The molecule has 0 N–H and O–H groups in total. The number of rotatable bonds is 7. The predicted molar refractivity (Wildman–Crippen MR) is 133 cm³/mol. The van der Waals surface area contributed by atoms with Crippen LogP contribution in [0.4, 0.5) is 0 Å². The van der Waals surface area contributed by atoms with Crippen LogP contribution >= 0.6 is 0 Å². The Morgan fingerprint density at radius 3 is 2.57 bits per heavy atom. The normalized spacial score (nSPS) is 15.7. The molecule has 1 saturated heterocycles. The molecular formula is C28H31N3O4. The fourth-order valence-electron chi connectivity index (χ4n) is 4.26. The lowest BCUT2D eigenvalue weighted by atomic mass is 9.97. The minimum Gasteiger partial charge on any atom is -0.466 e. The molecule has 1 aromatic heterocycles. The van der Waals surface area contributed by atoms with Crippen molar-refractivity contribution in [2.45, 2.75) is 39.5 Å². The molecular weight excluding hydrogens is 442 g/mol. The molecule has 7 heteroatoms. The summed E-state index contributed by atoms with van der Waals surface area (Å²) < 4.78 is 11.5. The van der Waals surface area contributed by atoms with Crippen LogP contribution in [0, 0.1) is 5.92 Å². The highest BCUT2D eigenvalue weighted by Gasteiger charge is 2.32. The number of piperidine rings is 1. The number of esters is 1. The molecule has 0 saturated carbocycles. The lowest BCUT2D eigenvalue weighted by molar-refractivity contribution is -0.149. The molecule has 1 atom stereocenters. The number of aromatic nitrogens is 2. The number of hydrogen-bond donors (Lipinski definition) is 0. The van der Waals surface area contributed by atoms with Gasteiger partial charge < -0.3 is 14.4 Å². The van der Waals surface area contributed by atoms with E-state index >= 15 is 0 Å². The van der Waals surface area contributed by atoms with Crippen LogP contribution in [0.2, 0.25) is 0 Å². The summed E-state index contributed by atoms with van der Waals surface area (Å²) in [6.07, 6.45) is 2.96. The van der Waals surface area contributed by atoms with E-state index in [4.69, 9.17) is 9.47 Å². The first-order valence-electron chi connectivity index (χ1n) is 12.1. The Hall–Kier alpha value is -3.74. The Labute approximate surface area is 206 Å². The zero-order valence-corrected chi connectivity index (χ0v) is 20.4. The van der Waals surface area contributed by atoms with E-state index in [9.17, 15) is 9.59 Å². The number of ether oxygens (including phenoxy) is 2. The highest BCUT2D eigenvalue weighted by molar-refractivity contribution is 5.96. The number of amides is 1. The second kappa shape index (κ2) is 11.1. The van der Waals surface area contributed by atoms with E-state index in [-0.39, 0.29) is 35.2 Å². The third-order valence-corrected chi connectivity index (χ3v) is 6.09. The molecule has 35 heavy (non-hydrogen) atoms. The lowest BCUT2D eigenvalue weighted by Gasteiger charge is -2.31. The summed E-state index contributed by atoms with van der Waals surface area (Å²) >= 11 is 0. The molecule has 1 amide bonds. The van der Waals surface area contributed by atoms with Gasteiger partial charge in [-0.2, -0.15) is 4.98 Å². The van der Waals surface area contributed by atoms with Crippen molar-refractivity contribution in [3.05, 3.63) is 71.9 Å². The van der Waals surface area contributed by atoms with Crippen LogP contribution in [0.5, 0.6) is 11.6 Å². The number of carbonyl (C=O) groups excluding carboxylic acids is 2. The van der Waals surface area contributed by atoms with E-state index in [0.29, 0.717) is 37.7 Å². The SMILES string of the molecule is CCOC(=O)[C@H]1CCCN(C(=O)c2cnc(-c3ccccc3)nc2Oc2ccccc2C(C)C)C1. The van der Waals surface area contributed by atoms with E-state index in [1.54, 1.807) is 11.8 Å². The maximum atomic E-state index is 13.6. The van der Waals surface area contributed by atoms with Crippen LogP contribution in [0.25, 0.3) is 11.4 Å². The van der Waals surface area contributed by atoms with Crippen LogP contribution in [0.15, 0.2) is 60.8 Å². The van der Waals surface area contributed by atoms with E-state index in [2.05, 4.69) is 23.8 Å². The molecule has 0 bridgehead atoms. The van der Waals surface area contributed by atoms with Gasteiger partial charge in [0.2, 0.25) is 5.88 Å². The van der Waals surface area contributed by atoms with Gasteiger partial charge in [0.15, 0.2) is 5.82 Å². The quantitative estimate of drug-likeness (QED) is 0.423. The molecule has 3 aromatic rings. The van der Waals surface area contributed by atoms with E-state index < -0.39 is 0 Å². The van der Waals surface area contributed by atoms with Gasteiger partial charge in [0.1, 0.15) is 11.3 Å². The van der Waals surface area contributed by atoms with Gasteiger partial charge in [0, 0.05) is 24.8 Å². The van der Waals surface area contributed by atoms with Crippen molar-refractivity contribution in [3.63, 3.8) is 0 Å². The molecule has 0 radical (unpaired) electrons. The van der Waals surface area contributed by atoms with Crippen LogP contribution in [-0.4, -0.2) is 46.4 Å². The van der Waals surface area contributed by atoms with Gasteiger partial charge in [-0.15, -0.1) is 0 Å². The Balaban J connectivity index is 1.69. The molecule has 2 aromatic carbocycles. The van der Waals surface area contributed by atoms with Gasteiger partial charge in [-0.3, -0.25) is 9.59 Å². The van der Waals surface area contributed by atoms with Gasteiger partial charge in [-0.1, -0.05) is 62.4 Å². The number of likely N-dealkylation sites (tertiary alicyclic amines) is 1. The van der Waals surface area contributed by atoms with Crippen molar-refractivity contribution in [2.24, 2.45) is 5.92 Å². The molecule has 1 fully saturated rings. The van der Waals surface area contributed by atoms with E-state index in [1.165, 1.54) is 6.20 Å². The first-order valence-corrected chi connectivity index (χ1v) is 12.1. The first kappa shape index (κ1) is 24.4.